The summed E-state index contributed by atoms with van der Waals surface area (Å²) in [7, 11) is 0. The largest absolute Gasteiger partial charge is 0.394 e. The Morgan fingerprint density at radius 3 is 3.07 bits per heavy atom. The Kier molecular flexibility index (Phi) is 3.53. The third-order valence-electron chi connectivity index (χ3n) is 2.75. The number of piperidine rings is 1. The predicted molar refractivity (Wildman–Crippen MR) is 61.8 cm³/mol. The van der Waals surface area contributed by atoms with E-state index in [4.69, 9.17) is 0 Å². The van der Waals surface area contributed by atoms with E-state index in [0.717, 1.165) is 29.8 Å². The molecule has 1 aromatic heterocycles. The maximum Gasteiger partial charge on any atom is 0.133 e. The minimum Gasteiger partial charge on any atom is -0.394 e. The molecule has 0 aliphatic carbocycles. The number of halogens is 1. The highest BCUT2D eigenvalue weighted by Crippen LogP contribution is 2.23. The van der Waals surface area contributed by atoms with Crippen LogP contribution in [0.15, 0.2) is 17.0 Å². The first-order valence-corrected chi connectivity index (χ1v) is 5.95. The van der Waals surface area contributed by atoms with E-state index in [1.54, 1.807) is 6.33 Å². The molecule has 0 saturated carbocycles. The van der Waals surface area contributed by atoms with E-state index in [1.165, 1.54) is 6.42 Å². The first-order chi connectivity index (χ1) is 7.31. The number of hydrogen-bond donors (Lipinski definition) is 1. The van der Waals surface area contributed by atoms with Crippen molar-refractivity contribution >= 4 is 21.7 Å². The van der Waals surface area contributed by atoms with Crippen molar-refractivity contribution in [1.29, 1.82) is 0 Å². The maximum absolute atomic E-state index is 9.30. The number of aliphatic hydroxyl groups is 1. The van der Waals surface area contributed by atoms with Crippen LogP contribution in [-0.4, -0.2) is 34.3 Å². The van der Waals surface area contributed by atoms with E-state index >= 15 is 0 Å². The molecule has 82 valence electrons. The molecule has 2 heterocycles. The highest BCUT2D eigenvalue weighted by Gasteiger charge is 2.22. The zero-order chi connectivity index (χ0) is 10.7. The van der Waals surface area contributed by atoms with Gasteiger partial charge in [-0.15, -0.1) is 0 Å². The van der Waals surface area contributed by atoms with Crippen molar-refractivity contribution < 1.29 is 5.11 Å². The average Bonchev–Trinajstić information content (AvgIpc) is 2.29. The standard InChI is InChI=1S/C10H14BrN3O/c11-9-5-10(13-7-12-9)14-4-2-1-3-8(14)6-15/h5,7-8,15H,1-4,6H2. The lowest BCUT2D eigenvalue weighted by Crippen LogP contribution is -2.42. The second kappa shape index (κ2) is 4.90. The van der Waals surface area contributed by atoms with Crippen LogP contribution in [0.5, 0.6) is 0 Å². The maximum atomic E-state index is 9.30. The summed E-state index contributed by atoms with van der Waals surface area (Å²) in [6.07, 6.45) is 4.94. The SMILES string of the molecule is OCC1CCCCN1c1cc(Br)ncn1. The van der Waals surface area contributed by atoms with Crippen molar-refractivity contribution in [3.8, 4) is 0 Å². The molecule has 1 aliphatic rings. The minimum absolute atomic E-state index is 0.196. The van der Waals surface area contributed by atoms with Gasteiger partial charge in [0.15, 0.2) is 0 Å². The third-order valence-corrected chi connectivity index (χ3v) is 3.19. The molecule has 0 amide bonds. The Morgan fingerprint density at radius 2 is 2.33 bits per heavy atom. The van der Waals surface area contributed by atoms with Crippen molar-refractivity contribution in [2.45, 2.75) is 25.3 Å². The summed E-state index contributed by atoms with van der Waals surface area (Å²) in [6.45, 7) is 1.16. The highest BCUT2D eigenvalue weighted by atomic mass is 79.9. The molecule has 15 heavy (non-hydrogen) atoms. The quantitative estimate of drug-likeness (QED) is 0.831. The van der Waals surface area contributed by atoms with Gasteiger partial charge in [-0.3, -0.25) is 0 Å². The normalized spacial score (nSPS) is 21.7. The molecule has 0 bridgehead atoms. The van der Waals surface area contributed by atoms with E-state index in [2.05, 4.69) is 30.8 Å². The van der Waals surface area contributed by atoms with Gasteiger partial charge < -0.3 is 10.0 Å². The summed E-state index contributed by atoms with van der Waals surface area (Å²) in [6, 6.07) is 2.11. The van der Waals surface area contributed by atoms with Gasteiger partial charge in [-0.2, -0.15) is 0 Å². The van der Waals surface area contributed by atoms with Gasteiger partial charge in [0, 0.05) is 12.6 Å². The van der Waals surface area contributed by atoms with Gasteiger partial charge in [0.1, 0.15) is 16.7 Å². The molecular weight excluding hydrogens is 258 g/mol. The fourth-order valence-electron chi connectivity index (χ4n) is 1.97. The van der Waals surface area contributed by atoms with Gasteiger partial charge >= 0.3 is 0 Å². The van der Waals surface area contributed by atoms with E-state index in [-0.39, 0.29) is 12.6 Å². The van der Waals surface area contributed by atoms with Gasteiger partial charge in [-0.25, -0.2) is 9.97 Å². The summed E-state index contributed by atoms with van der Waals surface area (Å²) < 4.78 is 0.787. The van der Waals surface area contributed by atoms with Gasteiger partial charge in [-0.05, 0) is 35.2 Å². The molecule has 5 heteroatoms. The van der Waals surface area contributed by atoms with E-state index < -0.39 is 0 Å². The molecule has 1 fully saturated rings. The number of nitrogens with zero attached hydrogens (tertiary/aromatic N) is 3. The number of aliphatic hydroxyl groups excluding tert-OH is 1. The van der Waals surface area contributed by atoms with Crippen molar-refractivity contribution in [3.05, 3.63) is 17.0 Å². The van der Waals surface area contributed by atoms with Crippen LogP contribution in [0.25, 0.3) is 0 Å². The van der Waals surface area contributed by atoms with Gasteiger partial charge in [0.2, 0.25) is 0 Å². The van der Waals surface area contributed by atoms with Crippen molar-refractivity contribution in [1.82, 2.24) is 9.97 Å². The van der Waals surface area contributed by atoms with Crippen LogP contribution >= 0.6 is 15.9 Å². The zero-order valence-corrected chi connectivity index (χ0v) is 10.0. The molecule has 1 atom stereocenters. The predicted octanol–water partition coefficient (Wildman–Crippen LogP) is 1.59. The molecule has 2 rings (SSSR count). The highest BCUT2D eigenvalue weighted by molar-refractivity contribution is 9.10. The van der Waals surface area contributed by atoms with Crippen LogP contribution in [0.1, 0.15) is 19.3 Å². The molecule has 0 radical (unpaired) electrons. The van der Waals surface area contributed by atoms with Crippen LogP contribution in [-0.2, 0) is 0 Å². The molecule has 4 nitrogen and oxygen atoms in total. The average molecular weight is 272 g/mol. The lowest BCUT2D eigenvalue weighted by atomic mass is 10.0. The fourth-order valence-corrected chi connectivity index (χ4v) is 2.27. The number of anilines is 1. The summed E-state index contributed by atoms with van der Waals surface area (Å²) in [5, 5.41) is 9.30. The van der Waals surface area contributed by atoms with Crippen LogP contribution in [0.2, 0.25) is 0 Å². The molecule has 1 unspecified atom stereocenters. The third kappa shape index (κ3) is 2.46. The molecule has 0 spiro atoms. The fraction of sp³-hybridized carbons (Fsp3) is 0.600. The number of rotatable bonds is 2. The smallest absolute Gasteiger partial charge is 0.133 e. The molecule has 1 aromatic rings. The summed E-state index contributed by atoms with van der Waals surface area (Å²) in [5.41, 5.74) is 0. The van der Waals surface area contributed by atoms with Crippen LogP contribution < -0.4 is 4.90 Å². The second-order valence-corrected chi connectivity index (χ2v) is 4.54. The molecular formula is C10H14BrN3O. The second-order valence-electron chi connectivity index (χ2n) is 3.72. The Balaban J connectivity index is 2.20. The number of hydrogen-bond acceptors (Lipinski definition) is 4. The summed E-state index contributed by atoms with van der Waals surface area (Å²) >= 11 is 3.33. The van der Waals surface area contributed by atoms with Crippen molar-refractivity contribution in [2.75, 3.05) is 18.1 Å². The monoisotopic (exact) mass is 271 g/mol. The Hall–Kier alpha value is -0.680. The van der Waals surface area contributed by atoms with Crippen molar-refractivity contribution in [2.24, 2.45) is 0 Å². The zero-order valence-electron chi connectivity index (χ0n) is 8.43. The Morgan fingerprint density at radius 1 is 1.47 bits per heavy atom. The topological polar surface area (TPSA) is 49.2 Å². The minimum atomic E-state index is 0.196. The van der Waals surface area contributed by atoms with Gasteiger partial charge in [0.05, 0.1) is 12.6 Å². The first-order valence-electron chi connectivity index (χ1n) is 5.16. The van der Waals surface area contributed by atoms with E-state index in [9.17, 15) is 5.11 Å². The first kappa shape index (κ1) is 10.8. The molecule has 1 saturated heterocycles. The number of aromatic nitrogens is 2. The molecule has 1 N–H and O–H groups in total. The lowest BCUT2D eigenvalue weighted by Gasteiger charge is -2.35. The van der Waals surface area contributed by atoms with Gasteiger partial charge in [0.25, 0.3) is 0 Å². The Bertz CT molecular complexity index is 334. The summed E-state index contributed by atoms with van der Waals surface area (Å²) in [5.74, 6) is 0.899. The van der Waals surface area contributed by atoms with Crippen molar-refractivity contribution in [3.63, 3.8) is 0 Å². The van der Waals surface area contributed by atoms with Crippen LogP contribution in [0, 0.1) is 0 Å². The van der Waals surface area contributed by atoms with Crippen LogP contribution in [0.4, 0.5) is 5.82 Å². The van der Waals surface area contributed by atoms with E-state index in [1.807, 2.05) is 6.07 Å². The molecule has 0 aromatic carbocycles. The summed E-state index contributed by atoms with van der Waals surface area (Å²) in [4.78, 5) is 10.4. The molecule has 1 aliphatic heterocycles. The van der Waals surface area contributed by atoms with Gasteiger partial charge in [-0.1, -0.05) is 0 Å². The van der Waals surface area contributed by atoms with Crippen LogP contribution in [0.3, 0.4) is 0 Å². The lowest BCUT2D eigenvalue weighted by molar-refractivity contribution is 0.239. The van der Waals surface area contributed by atoms with E-state index in [0.29, 0.717) is 0 Å². The Labute approximate surface area is 97.5 Å².